The molecule has 0 saturated carbocycles. The van der Waals surface area contributed by atoms with Crippen LogP contribution in [0.1, 0.15) is 11.1 Å². The van der Waals surface area contributed by atoms with Crippen LogP contribution >= 0.6 is 0 Å². The van der Waals surface area contributed by atoms with Gasteiger partial charge in [0.05, 0.1) is 10.6 Å². The quantitative estimate of drug-likeness (QED) is 0.785. The number of fused-ring (bicyclic) bond motifs is 1. The summed E-state index contributed by atoms with van der Waals surface area (Å²) in [5.74, 6) is 0. The molecule has 3 aromatic rings. The van der Waals surface area contributed by atoms with E-state index in [1.54, 1.807) is 12.1 Å². The van der Waals surface area contributed by atoms with Crippen LogP contribution in [0.25, 0.3) is 10.8 Å². The summed E-state index contributed by atoms with van der Waals surface area (Å²) in [6.45, 7) is 3.76. The average molecular weight is 311 g/mol. The molecule has 0 spiro atoms. The monoisotopic (exact) mass is 311 g/mol. The first-order valence-corrected chi connectivity index (χ1v) is 8.53. The molecule has 0 bridgehead atoms. The molecule has 3 rings (SSSR count). The Morgan fingerprint density at radius 3 is 2.36 bits per heavy atom. The van der Waals surface area contributed by atoms with Crippen molar-refractivity contribution < 1.29 is 8.42 Å². The first-order chi connectivity index (χ1) is 10.5. The lowest BCUT2D eigenvalue weighted by molar-refractivity contribution is 0.600. The van der Waals surface area contributed by atoms with Crippen molar-refractivity contribution in [3.63, 3.8) is 0 Å². The van der Waals surface area contributed by atoms with E-state index in [0.29, 0.717) is 10.6 Å². The van der Waals surface area contributed by atoms with Crippen LogP contribution in [0.15, 0.2) is 65.6 Å². The van der Waals surface area contributed by atoms with Crippen molar-refractivity contribution >= 4 is 26.5 Å². The number of sulfonamides is 1. The number of aryl methyl sites for hydroxylation is 2. The van der Waals surface area contributed by atoms with Crippen molar-refractivity contribution in [2.75, 3.05) is 4.72 Å². The van der Waals surface area contributed by atoms with Crippen LogP contribution in [0.4, 0.5) is 5.69 Å². The zero-order valence-electron chi connectivity index (χ0n) is 12.5. The molecule has 0 amide bonds. The topological polar surface area (TPSA) is 46.2 Å². The molecular weight excluding hydrogens is 294 g/mol. The molecule has 112 valence electrons. The zero-order chi connectivity index (χ0) is 15.7. The highest BCUT2D eigenvalue weighted by Gasteiger charge is 2.17. The number of hydrogen-bond acceptors (Lipinski definition) is 2. The van der Waals surface area contributed by atoms with Crippen molar-refractivity contribution in [1.82, 2.24) is 0 Å². The normalized spacial score (nSPS) is 11.5. The smallest absolute Gasteiger partial charge is 0.262 e. The highest BCUT2D eigenvalue weighted by molar-refractivity contribution is 7.92. The lowest BCUT2D eigenvalue weighted by Crippen LogP contribution is -2.14. The van der Waals surface area contributed by atoms with Gasteiger partial charge in [-0.05, 0) is 36.9 Å². The molecule has 0 aliphatic rings. The number of hydrogen-bond donors (Lipinski definition) is 1. The van der Waals surface area contributed by atoms with E-state index < -0.39 is 10.0 Å². The molecule has 0 aliphatic heterocycles. The predicted octanol–water partition coefficient (Wildman–Crippen LogP) is 4.26. The number of benzene rings is 3. The third kappa shape index (κ3) is 2.70. The molecule has 3 nitrogen and oxygen atoms in total. The fraction of sp³-hybridized carbons (Fsp3) is 0.111. The maximum absolute atomic E-state index is 12.7. The largest absolute Gasteiger partial charge is 0.279 e. The van der Waals surface area contributed by atoms with E-state index in [0.717, 1.165) is 21.9 Å². The highest BCUT2D eigenvalue weighted by Crippen LogP contribution is 2.26. The minimum absolute atomic E-state index is 0.311. The van der Waals surface area contributed by atoms with Crippen LogP contribution < -0.4 is 4.72 Å². The predicted molar refractivity (Wildman–Crippen MR) is 90.7 cm³/mol. The van der Waals surface area contributed by atoms with E-state index >= 15 is 0 Å². The molecule has 3 aromatic carbocycles. The van der Waals surface area contributed by atoms with E-state index in [9.17, 15) is 8.42 Å². The Morgan fingerprint density at radius 1 is 0.864 bits per heavy atom. The van der Waals surface area contributed by atoms with Gasteiger partial charge in [0.15, 0.2) is 0 Å². The summed E-state index contributed by atoms with van der Waals surface area (Å²) in [5, 5.41) is 1.89. The average Bonchev–Trinajstić information content (AvgIpc) is 2.47. The van der Waals surface area contributed by atoms with Crippen molar-refractivity contribution in [2.24, 2.45) is 0 Å². The minimum atomic E-state index is -3.60. The third-order valence-corrected chi connectivity index (χ3v) is 5.18. The first kappa shape index (κ1) is 14.6. The van der Waals surface area contributed by atoms with E-state index in [-0.39, 0.29) is 0 Å². The minimum Gasteiger partial charge on any atom is -0.279 e. The summed E-state index contributed by atoms with van der Waals surface area (Å²) in [7, 11) is -3.60. The van der Waals surface area contributed by atoms with E-state index in [1.165, 1.54) is 0 Å². The molecule has 22 heavy (non-hydrogen) atoms. The standard InChI is InChI=1S/C18H17NO2S/c1-13-10-11-18(14(2)12-13)22(20,21)19-17-9-5-7-15-6-3-4-8-16(15)17/h3-12,19H,1-2H3. The van der Waals surface area contributed by atoms with Crippen LogP contribution in [-0.4, -0.2) is 8.42 Å². The van der Waals surface area contributed by atoms with Crippen LogP contribution in [0.2, 0.25) is 0 Å². The van der Waals surface area contributed by atoms with E-state index in [1.807, 2.05) is 62.4 Å². The van der Waals surface area contributed by atoms with Gasteiger partial charge in [0.25, 0.3) is 10.0 Å². The molecule has 0 heterocycles. The summed E-state index contributed by atoms with van der Waals surface area (Å²) in [6.07, 6.45) is 0. The molecule has 0 aliphatic carbocycles. The second-order valence-electron chi connectivity index (χ2n) is 5.40. The van der Waals surface area contributed by atoms with Gasteiger partial charge < -0.3 is 0 Å². The van der Waals surface area contributed by atoms with Crippen LogP contribution in [-0.2, 0) is 10.0 Å². The van der Waals surface area contributed by atoms with Crippen LogP contribution in [0.3, 0.4) is 0 Å². The zero-order valence-corrected chi connectivity index (χ0v) is 13.3. The summed E-state index contributed by atoms with van der Waals surface area (Å²) < 4.78 is 28.0. The lowest BCUT2D eigenvalue weighted by Gasteiger charge is -2.12. The van der Waals surface area contributed by atoms with Gasteiger partial charge in [-0.15, -0.1) is 0 Å². The van der Waals surface area contributed by atoms with Crippen molar-refractivity contribution in [3.8, 4) is 0 Å². The third-order valence-electron chi connectivity index (χ3n) is 3.65. The van der Waals surface area contributed by atoms with Crippen molar-refractivity contribution in [1.29, 1.82) is 0 Å². The fourth-order valence-electron chi connectivity index (χ4n) is 2.61. The van der Waals surface area contributed by atoms with E-state index in [4.69, 9.17) is 0 Å². The maximum Gasteiger partial charge on any atom is 0.262 e. The summed E-state index contributed by atoms with van der Waals surface area (Å²) in [5.41, 5.74) is 2.38. The van der Waals surface area contributed by atoms with Crippen molar-refractivity contribution in [3.05, 3.63) is 71.8 Å². The lowest BCUT2D eigenvalue weighted by atomic mass is 10.1. The van der Waals surface area contributed by atoms with Gasteiger partial charge in [0, 0.05) is 5.39 Å². The molecular formula is C18H17NO2S. The molecule has 4 heteroatoms. The molecule has 0 fully saturated rings. The van der Waals surface area contributed by atoms with Crippen molar-refractivity contribution in [2.45, 2.75) is 18.7 Å². The van der Waals surface area contributed by atoms with Gasteiger partial charge in [-0.3, -0.25) is 4.72 Å². The summed E-state index contributed by atoms with van der Waals surface area (Å²) >= 11 is 0. The molecule has 1 N–H and O–H groups in total. The second kappa shape index (κ2) is 5.46. The summed E-state index contributed by atoms with van der Waals surface area (Å²) in [4.78, 5) is 0.311. The second-order valence-corrected chi connectivity index (χ2v) is 7.05. The van der Waals surface area contributed by atoms with Crippen LogP contribution in [0, 0.1) is 13.8 Å². The van der Waals surface area contributed by atoms with E-state index in [2.05, 4.69) is 4.72 Å². The Balaban J connectivity index is 2.07. The Labute approximate surface area is 130 Å². The van der Waals surface area contributed by atoms with Gasteiger partial charge in [0.1, 0.15) is 0 Å². The Morgan fingerprint density at radius 2 is 1.59 bits per heavy atom. The molecule has 0 radical (unpaired) electrons. The number of anilines is 1. The SMILES string of the molecule is Cc1ccc(S(=O)(=O)Nc2cccc3ccccc23)c(C)c1. The van der Waals surface area contributed by atoms with Gasteiger partial charge in [-0.1, -0.05) is 54.1 Å². The van der Waals surface area contributed by atoms with Gasteiger partial charge in [-0.25, -0.2) is 8.42 Å². The summed E-state index contributed by atoms with van der Waals surface area (Å²) in [6, 6.07) is 18.6. The van der Waals surface area contributed by atoms with Crippen LogP contribution in [0.5, 0.6) is 0 Å². The highest BCUT2D eigenvalue weighted by atomic mass is 32.2. The van der Waals surface area contributed by atoms with Gasteiger partial charge in [0.2, 0.25) is 0 Å². The Kier molecular flexibility index (Phi) is 3.62. The fourth-order valence-corrected chi connectivity index (χ4v) is 3.92. The molecule has 0 atom stereocenters. The van der Waals surface area contributed by atoms with Gasteiger partial charge in [-0.2, -0.15) is 0 Å². The first-order valence-electron chi connectivity index (χ1n) is 7.05. The number of nitrogens with one attached hydrogen (secondary N) is 1. The molecule has 0 saturated heterocycles. The Hall–Kier alpha value is -2.33. The maximum atomic E-state index is 12.7. The number of rotatable bonds is 3. The molecule has 0 aromatic heterocycles. The Bertz CT molecular complexity index is 941. The molecule has 0 unspecified atom stereocenters. The van der Waals surface area contributed by atoms with Gasteiger partial charge >= 0.3 is 0 Å².